The van der Waals surface area contributed by atoms with Crippen molar-refractivity contribution in [3.63, 3.8) is 0 Å². The molecule has 0 aromatic heterocycles. The Morgan fingerprint density at radius 3 is 1.79 bits per heavy atom. The first kappa shape index (κ1) is 20.2. The first-order valence-corrected chi connectivity index (χ1v) is 9.17. The van der Waals surface area contributed by atoms with E-state index in [-0.39, 0.29) is 18.4 Å². The van der Waals surface area contributed by atoms with Crippen molar-refractivity contribution in [2.45, 2.75) is 78.1 Å². The molecule has 0 spiro atoms. The minimum absolute atomic E-state index is 0.277. The summed E-state index contributed by atoms with van der Waals surface area (Å²) in [5.74, 6) is -0.0138. The minimum Gasteiger partial charge on any atom is -0.423 e. The van der Waals surface area contributed by atoms with Crippen LogP contribution >= 0.6 is 0 Å². The van der Waals surface area contributed by atoms with Gasteiger partial charge in [0.25, 0.3) is 0 Å². The van der Waals surface area contributed by atoms with Crippen LogP contribution in [0, 0.1) is 0 Å². The van der Waals surface area contributed by atoms with E-state index in [1.165, 1.54) is 38.5 Å². The summed E-state index contributed by atoms with van der Waals surface area (Å²) >= 11 is 0. The van der Waals surface area contributed by atoms with Crippen LogP contribution in [0.1, 0.15) is 78.1 Å². The van der Waals surface area contributed by atoms with E-state index in [0.29, 0.717) is 17.9 Å². The van der Waals surface area contributed by atoms with Gasteiger partial charge in [-0.2, -0.15) is 0 Å². The maximum Gasteiger partial charge on any atom is 0.311 e. The van der Waals surface area contributed by atoms with Crippen LogP contribution in [-0.2, 0) is 9.59 Å². The standard InChI is InChI=1S/C20H30O4/c1-3-5-6-7-8-9-10-11-16-20(22)24-18-15-13-12-14-17(18)23-19(21)4-2/h12-15H,3-11,16H2,1-2H3. The van der Waals surface area contributed by atoms with Crippen LogP contribution in [0.3, 0.4) is 0 Å². The Balaban J connectivity index is 2.26. The molecule has 0 fully saturated rings. The van der Waals surface area contributed by atoms with E-state index in [2.05, 4.69) is 6.92 Å². The third-order valence-electron chi connectivity index (χ3n) is 3.82. The molecular weight excluding hydrogens is 304 g/mol. The summed E-state index contributed by atoms with van der Waals surface area (Å²) in [6.07, 6.45) is 10.1. The predicted molar refractivity (Wildman–Crippen MR) is 95.2 cm³/mol. The molecule has 0 bridgehead atoms. The molecule has 0 atom stereocenters. The Hall–Kier alpha value is -1.84. The number of ether oxygens (including phenoxy) is 2. The fourth-order valence-electron chi connectivity index (χ4n) is 2.39. The summed E-state index contributed by atoms with van der Waals surface area (Å²) in [5, 5.41) is 0. The summed E-state index contributed by atoms with van der Waals surface area (Å²) < 4.78 is 10.5. The van der Waals surface area contributed by atoms with Crippen LogP contribution in [0.2, 0.25) is 0 Å². The molecule has 24 heavy (non-hydrogen) atoms. The highest BCUT2D eigenvalue weighted by atomic mass is 16.6. The maximum atomic E-state index is 11.9. The van der Waals surface area contributed by atoms with Crippen molar-refractivity contribution in [1.29, 1.82) is 0 Å². The molecule has 4 nitrogen and oxygen atoms in total. The highest BCUT2D eigenvalue weighted by Gasteiger charge is 2.12. The lowest BCUT2D eigenvalue weighted by Gasteiger charge is -2.09. The molecular formula is C20H30O4. The maximum absolute atomic E-state index is 11.9. The fraction of sp³-hybridized carbons (Fsp3) is 0.600. The van der Waals surface area contributed by atoms with Crippen LogP contribution in [-0.4, -0.2) is 11.9 Å². The number of carbonyl (C=O) groups is 2. The average molecular weight is 334 g/mol. The molecule has 0 unspecified atom stereocenters. The summed E-state index contributed by atoms with van der Waals surface area (Å²) in [6, 6.07) is 6.77. The van der Waals surface area contributed by atoms with Gasteiger partial charge in [0.05, 0.1) is 0 Å². The zero-order valence-corrected chi connectivity index (χ0v) is 15.0. The first-order valence-electron chi connectivity index (χ1n) is 9.17. The number of hydrogen-bond donors (Lipinski definition) is 0. The Morgan fingerprint density at radius 2 is 1.25 bits per heavy atom. The predicted octanol–water partition coefficient (Wildman–Crippen LogP) is 5.44. The Labute approximate surface area is 145 Å². The highest BCUT2D eigenvalue weighted by molar-refractivity contribution is 5.75. The third kappa shape index (κ3) is 8.70. The van der Waals surface area contributed by atoms with Gasteiger partial charge in [0.15, 0.2) is 11.5 Å². The number of carbonyl (C=O) groups excluding carboxylic acids is 2. The van der Waals surface area contributed by atoms with Gasteiger partial charge in [-0.15, -0.1) is 0 Å². The molecule has 1 rings (SSSR count). The topological polar surface area (TPSA) is 52.6 Å². The van der Waals surface area contributed by atoms with Gasteiger partial charge >= 0.3 is 11.9 Å². The molecule has 0 saturated heterocycles. The average Bonchev–Trinajstić information content (AvgIpc) is 2.59. The largest absolute Gasteiger partial charge is 0.423 e. The number of esters is 2. The molecule has 0 aliphatic heterocycles. The summed E-state index contributed by atoms with van der Waals surface area (Å²) in [5.41, 5.74) is 0. The minimum atomic E-state index is -0.346. The second-order valence-electron chi connectivity index (χ2n) is 5.97. The summed E-state index contributed by atoms with van der Waals surface area (Å²) in [4.78, 5) is 23.3. The Morgan fingerprint density at radius 1 is 0.750 bits per heavy atom. The number of rotatable bonds is 12. The molecule has 0 N–H and O–H groups in total. The van der Waals surface area contributed by atoms with E-state index in [9.17, 15) is 9.59 Å². The number of benzene rings is 1. The lowest BCUT2D eigenvalue weighted by molar-refractivity contribution is -0.137. The van der Waals surface area contributed by atoms with Gasteiger partial charge in [-0.1, -0.05) is 70.9 Å². The van der Waals surface area contributed by atoms with Gasteiger partial charge in [0, 0.05) is 12.8 Å². The van der Waals surface area contributed by atoms with Crippen LogP contribution < -0.4 is 9.47 Å². The van der Waals surface area contributed by atoms with Crippen LogP contribution in [0.5, 0.6) is 11.5 Å². The molecule has 0 saturated carbocycles. The summed E-state index contributed by atoms with van der Waals surface area (Å²) in [6.45, 7) is 3.94. The lowest BCUT2D eigenvalue weighted by atomic mass is 10.1. The van der Waals surface area contributed by atoms with E-state index in [1.807, 2.05) is 0 Å². The summed E-state index contributed by atoms with van der Waals surface area (Å²) in [7, 11) is 0. The van der Waals surface area contributed by atoms with Crippen LogP contribution in [0.15, 0.2) is 24.3 Å². The van der Waals surface area contributed by atoms with E-state index in [0.717, 1.165) is 12.8 Å². The molecule has 4 heteroatoms. The van der Waals surface area contributed by atoms with Crippen LogP contribution in [0.25, 0.3) is 0 Å². The van der Waals surface area contributed by atoms with Crippen molar-refractivity contribution >= 4 is 11.9 Å². The Kier molecular flexibility index (Phi) is 10.6. The van der Waals surface area contributed by atoms with E-state index >= 15 is 0 Å². The van der Waals surface area contributed by atoms with Crippen molar-refractivity contribution < 1.29 is 19.1 Å². The molecule has 0 radical (unpaired) electrons. The normalized spacial score (nSPS) is 10.4. The zero-order chi connectivity index (χ0) is 17.6. The van der Waals surface area contributed by atoms with Crippen molar-refractivity contribution in [2.75, 3.05) is 0 Å². The van der Waals surface area contributed by atoms with Crippen molar-refractivity contribution in [2.24, 2.45) is 0 Å². The second kappa shape index (κ2) is 12.6. The second-order valence-corrected chi connectivity index (χ2v) is 5.97. The zero-order valence-electron chi connectivity index (χ0n) is 15.0. The van der Waals surface area contributed by atoms with E-state index < -0.39 is 0 Å². The van der Waals surface area contributed by atoms with Gasteiger partial charge in [-0.3, -0.25) is 9.59 Å². The molecule has 1 aromatic carbocycles. The van der Waals surface area contributed by atoms with Gasteiger partial charge < -0.3 is 9.47 Å². The monoisotopic (exact) mass is 334 g/mol. The van der Waals surface area contributed by atoms with Gasteiger partial charge in [0.2, 0.25) is 0 Å². The van der Waals surface area contributed by atoms with E-state index in [4.69, 9.17) is 9.47 Å². The lowest BCUT2D eigenvalue weighted by Crippen LogP contribution is -2.11. The third-order valence-corrected chi connectivity index (χ3v) is 3.82. The number of hydrogen-bond acceptors (Lipinski definition) is 4. The molecule has 0 aliphatic carbocycles. The van der Waals surface area contributed by atoms with E-state index in [1.54, 1.807) is 31.2 Å². The van der Waals surface area contributed by atoms with Crippen LogP contribution in [0.4, 0.5) is 0 Å². The van der Waals surface area contributed by atoms with Crippen molar-refractivity contribution in [1.82, 2.24) is 0 Å². The Bertz CT molecular complexity index is 496. The van der Waals surface area contributed by atoms with Gasteiger partial charge in [0.1, 0.15) is 0 Å². The molecule has 1 aromatic rings. The van der Waals surface area contributed by atoms with Crippen molar-refractivity contribution in [3.05, 3.63) is 24.3 Å². The smallest absolute Gasteiger partial charge is 0.311 e. The molecule has 134 valence electrons. The number of para-hydroxylation sites is 2. The fourth-order valence-corrected chi connectivity index (χ4v) is 2.39. The highest BCUT2D eigenvalue weighted by Crippen LogP contribution is 2.27. The molecule has 0 heterocycles. The number of unbranched alkanes of at least 4 members (excludes halogenated alkanes) is 7. The molecule has 0 aliphatic rings. The van der Waals surface area contributed by atoms with Gasteiger partial charge in [-0.05, 0) is 18.6 Å². The molecule has 0 amide bonds. The first-order chi connectivity index (χ1) is 11.7. The SMILES string of the molecule is CCCCCCCCCCC(=O)Oc1ccccc1OC(=O)CC. The van der Waals surface area contributed by atoms with Gasteiger partial charge in [-0.25, -0.2) is 0 Å². The quantitative estimate of drug-likeness (QED) is 0.290. The van der Waals surface area contributed by atoms with Crippen molar-refractivity contribution in [3.8, 4) is 11.5 Å².